The zero-order valence-corrected chi connectivity index (χ0v) is 18.2. The Kier molecular flexibility index (Phi) is 7.25. The van der Waals surface area contributed by atoms with Gasteiger partial charge in [-0.15, -0.1) is 0 Å². The Morgan fingerprint density at radius 3 is 2.48 bits per heavy atom. The minimum Gasteiger partial charge on any atom is -0.497 e. The Balaban J connectivity index is 1.92. The van der Waals surface area contributed by atoms with E-state index in [2.05, 4.69) is 5.10 Å². The number of nitrogens with zero attached hydrogens (tertiary/aromatic N) is 3. The van der Waals surface area contributed by atoms with Gasteiger partial charge in [-0.2, -0.15) is 5.10 Å². The van der Waals surface area contributed by atoms with Crippen LogP contribution in [0.4, 0.5) is 0 Å². The van der Waals surface area contributed by atoms with Gasteiger partial charge in [-0.1, -0.05) is 30.3 Å². The molecule has 0 aromatic heterocycles. The molecule has 164 valence electrons. The fraction of sp³-hybridized carbons (Fsp3) is 0.348. The monoisotopic (exact) mass is 425 g/mol. The molecule has 1 heterocycles. The number of amides is 2. The lowest BCUT2D eigenvalue weighted by Crippen LogP contribution is -2.40. The summed E-state index contributed by atoms with van der Waals surface area (Å²) in [4.78, 5) is 26.5. The van der Waals surface area contributed by atoms with E-state index in [0.29, 0.717) is 17.9 Å². The molecule has 0 bridgehead atoms. The van der Waals surface area contributed by atoms with Crippen molar-refractivity contribution in [3.63, 3.8) is 0 Å². The second kappa shape index (κ2) is 10.1. The van der Waals surface area contributed by atoms with Gasteiger partial charge < -0.3 is 19.1 Å². The molecule has 8 heteroatoms. The van der Waals surface area contributed by atoms with Gasteiger partial charge in [-0.05, 0) is 17.7 Å². The minimum atomic E-state index is -0.276. The number of likely N-dealkylation sites (N-methyl/N-ethyl adjacent to an activating group) is 1. The maximum absolute atomic E-state index is 13.1. The first-order valence-corrected chi connectivity index (χ1v) is 9.88. The Labute approximate surface area is 182 Å². The largest absolute Gasteiger partial charge is 0.497 e. The topological polar surface area (TPSA) is 80.7 Å². The summed E-state index contributed by atoms with van der Waals surface area (Å²) in [7, 11) is 6.19. The second-order valence-electron chi connectivity index (χ2n) is 7.16. The van der Waals surface area contributed by atoms with Crippen LogP contribution in [0.15, 0.2) is 53.6 Å². The lowest BCUT2D eigenvalue weighted by Gasteiger charge is -2.24. The van der Waals surface area contributed by atoms with Crippen molar-refractivity contribution in [1.29, 1.82) is 0 Å². The van der Waals surface area contributed by atoms with Crippen molar-refractivity contribution >= 4 is 17.5 Å². The molecule has 8 nitrogen and oxygen atoms in total. The number of hydrogen-bond acceptors (Lipinski definition) is 6. The third kappa shape index (κ3) is 5.03. The van der Waals surface area contributed by atoms with Crippen LogP contribution in [-0.2, 0) is 14.3 Å². The van der Waals surface area contributed by atoms with Crippen LogP contribution in [-0.4, -0.2) is 69.0 Å². The van der Waals surface area contributed by atoms with Gasteiger partial charge in [0.05, 0.1) is 26.0 Å². The highest BCUT2D eigenvalue weighted by atomic mass is 16.5. The maximum Gasteiger partial charge on any atom is 0.262 e. The smallest absolute Gasteiger partial charge is 0.262 e. The van der Waals surface area contributed by atoms with Gasteiger partial charge >= 0.3 is 0 Å². The summed E-state index contributed by atoms with van der Waals surface area (Å²) in [5.74, 6) is 0.743. The molecule has 0 aliphatic carbocycles. The SMILES string of the molecule is COCC(=O)N(C)CC(=O)N1N=C(c2ccc(OC)cc2OC)C[C@H]1c1ccccc1. The molecular formula is C23H27N3O5. The highest BCUT2D eigenvalue weighted by Gasteiger charge is 2.34. The Hall–Kier alpha value is -3.39. The van der Waals surface area contributed by atoms with Gasteiger partial charge in [0.1, 0.15) is 24.7 Å². The zero-order chi connectivity index (χ0) is 22.4. The van der Waals surface area contributed by atoms with E-state index in [0.717, 1.165) is 16.8 Å². The normalized spacial score (nSPS) is 15.4. The zero-order valence-electron chi connectivity index (χ0n) is 18.2. The van der Waals surface area contributed by atoms with E-state index in [-0.39, 0.29) is 31.0 Å². The predicted molar refractivity (Wildman–Crippen MR) is 116 cm³/mol. The number of benzene rings is 2. The number of hydrazone groups is 1. The molecule has 0 saturated carbocycles. The van der Waals surface area contributed by atoms with Crippen LogP contribution in [0.1, 0.15) is 23.6 Å². The Morgan fingerprint density at radius 1 is 1.10 bits per heavy atom. The molecule has 2 amide bonds. The van der Waals surface area contributed by atoms with E-state index < -0.39 is 0 Å². The molecule has 1 aliphatic heterocycles. The average molecular weight is 425 g/mol. The minimum absolute atomic E-state index is 0.0799. The van der Waals surface area contributed by atoms with E-state index in [4.69, 9.17) is 14.2 Å². The molecule has 2 aromatic carbocycles. The molecule has 2 aromatic rings. The van der Waals surface area contributed by atoms with Crippen molar-refractivity contribution in [2.24, 2.45) is 5.10 Å². The van der Waals surface area contributed by atoms with Crippen molar-refractivity contribution in [3.05, 3.63) is 59.7 Å². The summed E-state index contributed by atoms with van der Waals surface area (Å²) in [5, 5.41) is 6.11. The van der Waals surface area contributed by atoms with Crippen LogP contribution in [0.3, 0.4) is 0 Å². The first-order chi connectivity index (χ1) is 15.0. The summed E-state index contributed by atoms with van der Waals surface area (Å²) in [5.41, 5.74) is 2.49. The molecule has 0 saturated heterocycles. The highest BCUT2D eigenvalue weighted by Crippen LogP contribution is 2.36. The summed E-state index contributed by atoms with van der Waals surface area (Å²) in [6.45, 7) is -0.175. The van der Waals surface area contributed by atoms with Gasteiger partial charge in [0, 0.05) is 32.2 Å². The summed E-state index contributed by atoms with van der Waals surface area (Å²) >= 11 is 0. The van der Waals surface area contributed by atoms with Crippen LogP contribution in [0.5, 0.6) is 11.5 Å². The summed E-state index contributed by atoms with van der Waals surface area (Å²) in [6.07, 6.45) is 0.522. The van der Waals surface area contributed by atoms with Crippen molar-refractivity contribution in [1.82, 2.24) is 9.91 Å². The number of rotatable bonds is 8. The average Bonchev–Trinajstić information content (AvgIpc) is 3.24. The van der Waals surface area contributed by atoms with Crippen LogP contribution >= 0.6 is 0 Å². The van der Waals surface area contributed by atoms with Crippen molar-refractivity contribution in [2.75, 3.05) is 41.5 Å². The van der Waals surface area contributed by atoms with Crippen molar-refractivity contribution < 1.29 is 23.8 Å². The molecule has 1 aliphatic rings. The lowest BCUT2D eigenvalue weighted by molar-refractivity contribution is -0.142. The highest BCUT2D eigenvalue weighted by molar-refractivity contribution is 6.05. The van der Waals surface area contributed by atoms with Crippen LogP contribution in [0.2, 0.25) is 0 Å². The first kappa shape index (κ1) is 22.3. The van der Waals surface area contributed by atoms with Gasteiger partial charge in [-0.3, -0.25) is 9.59 Å². The van der Waals surface area contributed by atoms with E-state index in [9.17, 15) is 9.59 Å². The number of carbonyl (C=O) groups excluding carboxylic acids is 2. The quantitative estimate of drug-likeness (QED) is 0.649. The van der Waals surface area contributed by atoms with Gasteiger partial charge in [-0.25, -0.2) is 5.01 Å². The summed E-state index contributed by atoms with van der Waals surface area (Å²) in [6, 6.07) is 14.9. The standard InChI is InChI=1S/C23H27N3O5/c1-25(23(28)15-29-2)14-22(27)26-20(16-8-6-5-7-9-16)13-19(24-26)18-11-10-17(30-3)12-21(18)31-4/h5-12,20H,13-15H2,1-4H3/t20-/m0/s1. The maximum atomic E-state index is 13.1. The van der Waals surface area contributed by atoms with Crippen LogP contribution < -0.4 is 9.47 Å². The summed E-state index contributed by atoms with van der Waals surface area (Å²) < 4.78 is 15.7. The number of hydrogen-bond donors (Lipinski definition) is 0. The van der Waals surface area contributed by atoms with Crippen molar-refractivity contribution in [3.8, 4) is 11.5 Å². The molecular weight excluding hydrogens is 398 g/mol. The lowest BCUT2D eigenvalue weighted by atomic mass is 9.98. The molecule has 3 rings (SSSR count). The second-order valence-corrected chi connectivity index (χ2v) is 7.16. The molecule has 31 heavy (non-hydrogen) atoms. The number of methoxy groups -OCH3 is 3. The Morgan fingerprint density at radius 2 is 1.84 bits per heavy atom. The first-order valence-electron chi connectivity index (χ1n) is 9.88. The van der Waals surface area contributed by atoms with E-state index in [1.54, 1.807) is 27.3 Å². The predicted octanol–water partition coefficient (Wildman–Crippen LogP) is 2.49. The number of ether oxygens (including phenoxy) is 3. The van der Waals surface area contributed by atoms with Crippen molar-refractivity contribution in [2.45, 2.75) is 12.5 Å². The molecule has 0 spiro atoms. The Bertz CT molecular complexity index is 961. The molecule has 0 fully saturated rings. The van der Waals surface area contributed by atoms with E-state index in [1.165, 1.54) is 17.0 Å². The van der Waals surface area contributed by atoms with Crippen LogP contribution in [0.25, 0.3) is 0 Å². The third-order valence-corrected chi connectivity index (χ3v) is 5.14. The molecule has 0 N–H and O–H groups in total. The third-order valence-electron chi connectivity index (χ3n) is 5.14. The van der Waals surface area contributed by atoms with E-state index >= 15 is 0 Å². The molecule has 1 atom stereocenters. The molecule has 0 unspecified atom stereocenters. The number of carbonyl (C=O) groups is 2. The fourth-order valence-electron chi connectivity index (χ4n) is 3.47. The molecule has 0 radical (unpaired) electrons. The van der Waals surface area contributed by atoms with Gasteiger partial charge in [0.15, 0.2) is 0 Å². The van der Waals surface area contributed by atoms with E-state index in [1.807, 2.05) is 42.5 Å². The fourth-order valence-corrected chi connectivity index (χ4v) is 3.47. The van der Waals surface area contributed by atoms with Gasteiger partial charge in [0.2, 0.25) is 5.91 Å². The van der Waals surface area contributed by atoms with Gasteiger partial charge in [0.25, 0.3) is 5.91 Å². The van der Waals surface area contributed by atoms with Crippen LogP contribution in [0, 0.1) is 0 Å².